The minimum Gasteiger partial charge on any atom is -0.369 e. The molecule has 0 aliphatic carbocycles. The molecular weight excluding hydrogens is 278 g/mol. The largest absolute Gasteiger partial charge is 0.369 e. The van der Waals surface area contributed by atoms with E-state index in [9.17, 15) is 9.59 Å². The second-order valence-corrected chi connectivity index (χ2v) is 6.21. The van der Waals surface area contributed by atoms with Gasteiger partial charge in [-0.1, -0.05) is 23.8 Å². The Kier molecular flexibility index (Phi) is 5.55. The van der Waals surface area contributed by atoms with Gasteiger partial charge in [-0.2, -0.15) is 0 Å². The van der Waals surface area contributed by atoms with Crippen molar-refractivity contribution in [1.29, 1.82) is 0 Å². The van der Waals surface area contributed by atoms with Crippen molar-refractivity contribution in [3.05, 3.63) is 34.9 Å². The van der Waals surface area contributed by atoms with Crippen LogP contribution in [0.2, 0.25) is 0 Å². The van der Waals surface area contributed by atoms with E-state index in [4.69, 9.17) is 5.73 Å². The number of piperidine rings is 1. The number of benzene rings is 1. The number of hydrogen-bond acceptors (Lipinski definition) is 3. The van der Waals surface area contributed by atoms with Gasteiger partial charge in [0.25, 0.3) is 0 Å². The van der Waals surface area contributed by atoms with Crippen LogP contribution in [0.1, 0.15) is 29.5 Å². The lowest BCUT2D eigenvalue weighted by atomic mass is 10.0. The third-order valence-corrected chi connectivity index (χ3v) is 4.11. The van der Waals surface area contributed by atoms with Crippen molar-refractivity contribution in [3.63, 3.8) is 0 Å². The number of likely N-dealkylation sites (tertiary alicyclic amines) is 1. The summed E-state index contributed by atoms with van der Waals surface area (Å²) in [6.45, 7) is 5.89. The zero-order chi connectivity index (χ0) is 16.1. The highest BCUT2D eigenvalue weighted by Gasteiger charge is 2.22. The molecule has 22 heavy (non-hydrogen) atoms. The summed E-state index contributed by atoms with van der Waals surface area (Å²) in [4.78, 5) is 25.3. The second-order valence-electron chi connectivity index (χ2n) is 6.21. The smallest absolute Gasteiger partial charge is 0.231 e. The van der Waals surface area contributed by atoms with E-state index in [1.54, 1.807) is 0 Å². The first kappa shape index (κ1) is 16.5. The van der Waals surface area contributed by atoms with E-state index < -0.39 is 0 Å². The summed E-state index contributed by atoms with van der Waals surface area (Å²) in [5.41, 5.74) is 8.61. The van der Waals surface area contributed by atoms with Crippen LogP contribution in [0.25, 0.3) is 0 Å². The summed E-state index contributed by atoms with van der Waals surface area (Å²) in [7, 11) is 0. The molecule has 0 radical (unpaired) electrons. The number of rotatable bonds is 5. The van der Waals surface area contributed by atoms with Crippen LogP contribution < -0.4 is 11.1 Å². The Hall–Kier alpha value is -1.88. The maximum absolute atomic E-state index is 12.3. The molecule has 1 aliphatic heterocycles. The van der Waals surface area contributed by atoms with E-state index in [0.717, 1.165) is 30.5 Å². The maximum Gasteiger partial charge on any atom is 0.231 e. The fraction of sp³-hybridized carbons (Fsp3) is 0.529. The highest BCUT2D eigenvalue weighted by Crippen LogP contribution is 2.13. The quantitative estimate of drug-likeness (QED) is 0.849. The lowest BCUT2D eigenvalue weighted by Crippen LogP contribution is -2.50. The van der Waals surface area contributed by atoms with E-state index >= 15 is 0 Å². The summed E-state index contributed by atoms with van der Waals surface area (Å²) in [5, 5.41) is 3.08. The zero-order valence-electron chi connectivity index (χ0n) is 13.4. The Labute approximate surface area is 131 Å². The van der Waals surface area contributed by atoms with Crippen LogP contribution in [0.15, 0.2) is 18.2 Å². The summed E-state index contributed by atoms with van der Waals surface area (Å²) in [6.07, 6.45) is 2.33. The topological polar surface area (TPSA) is 75.4 Å². The molecule has 1 aromatic carbocycles. The summed E-state index contributed by atoms with van der Waals surface area (Å²) in [6, 6.07) is 6.27. The molecule has 2 rings (SSSR count). The lowest BCUT2D eigenvalue weighted by Gasteiger charge is -2.32. The highest BCUT2D eigenvalue weighted by atomic mass is 16.2. The number of primary amides is 1. The minimum absolute atomic E-state index is 0.0413. The van der Waals surface area contributed by atoms with Crippen molar-refractivity contribution in [2.75, 3.05) is 19.6 Å². The first-order valence-corrected chi connectivity index (χ1v) is 7.80. The van der Waals surface area contributed by atoms with E-state index in [1.165, 1.54) is 5.56 Å². The molecule has 1 aromatic rings. The van der Waals surface area contributed by atoms with E-state index in [1.807, 2.05) is 24.8 Å². The second kappa shape index (κ2) is 7.40. The number of aryl methyl sites for hydroxylation is 2. The Morgan fingerprint density at radius 3 is 2.86 bits per heavy atom. The SMILES string of the molecule is Cc1ccc(C)c(CC(=O)N[C@@H]2CCCN(CC(N)=O)C2)c1. The molecule has 2 amide bonds. The predicted molar refractivity (Wildman–Crippen MR) is 86.4 cm³/mol. The number of nitrogens with zero attached hydrogens (tertiary/aromatic N) is 1. The van der Waals surface area contributed by atoms with Crippen molar-refractivity contribution in [2.24, 2.45) is 5.73 Å². The maximum atomic E-state index is 12.3. The van der Waals surface area contributed by atoms with Gasteiger partial charge in [-0.15, -0.1) is 0 Å². The normalized spacial score (nSPS) is 18.9. The molecule has 1 saturated heterocycles. The molecule has 120 valence electrons. The van der Waals surface area contributed by atoms with E-state index in [2.05, 4.69) is 17.4 Å². The predicted octanol–water partition coefficient (Wildman–Crippen LogP) is 0.912. The molecule has 3 N–H and O–H groups in total. The van der Waals surface area contributed by atoms with Crippen molar-refractivity contribution < 1.29 is 9.59 Å². The molecule has 1 aliphatic rings. The Bertz CT molecular complexity index is 557. The lowest BCUT2D eigenvalue weighted by molar-refractivity contribution is -0.121. The summed E-state index contributed by atoms with van der Waals surface area (Å²) < 4.78 is 0. The fourth-order valence-electron chi connectivity index (χ4n) is 2.98. The summed E-state index contributed by atoms with van der Waals surface area (Å²) in [5.74, 6) is -0.276. The van der Waals surface area contributed by atoms with Crippen LogP contribution in [0.4, 0.5) is 0 Å². The van der Waals surface area contributed by atoms with Crippen LogP contribution in [0.5, 0.6) is 0 Å². The van der Waals surface area contributed by atoms with Crippen LogP contribution in [0, 0.1) is 13.8 Å². The van der Waals surface area contributed by atoms with Gasteiger partial charge in [0.1, 0.15) is 0 Å². The third kappa shape index (κ3) is 4.84. The molecule has 0 bridgehead atoms. The van der Waals surface area contributed by atoms with Crippen LogP contribution in [-0.4, -0.2) is 42.4 Å². The number of nitrogens with one attached hydrogen (secondary N) is 1. The van der Waals surface area contributed by atoms with Gasteiger partial charge in [0, 0.05) is 12.6 Å². The highest BCUT2D eigenvalue weighted by molar-refractivity contribution is 5.79. The first-order valence-electron chi connectivity index (χ1n) is 7.80. The van der Waals surface area contributed by atoms with Crippen LogP contribution in [0.3, 0.4) is 0 Å². The van der Waals surface area contributed by atoms with Gasteiger partial charge in [-0.25, -0.2) is 0 Å². The molecule has 1 fully saturated rings. The van der Waals surface area contributed by atoms with Gasteiger partial charge >= 0.3 is 0 Å². The average molecular weight is 303 g/mol. The summed E-state index contributed by atoms with van der Waals surface area (Å²) >= 11 is 0. The Balaban J connectivity index is 1.88. The standard InChI is InChI=1S/C17H25N3O2/c1-12-5-6-13(2)14(8-12)9-17(22)19-15-4-3-7-20(10-15)11-16(18)21/h5-6,8,15H,3-4,7,9-11H2,1-2H3,(H2,18,21)(H,19,22)/t15-/m1/s1. The Morgan fingerprint density at radius 2 is 2.14 bits per heavy atom. The molecule has 0 unspecified atom stereocenters. The molecule has 0 saturated carbocycles. The van der Waals surface area contributed by atoms with Crippen LogP contribution >= 0.6 is 0 Å². The van der Waals surface area contributed by atoms with Gasteiger partial charge in [-0.3, -0.25) is 14.5 Å². The average Bonchev–Trinajstić information content (AvgIpc) is 2.42. The van der Waals surface area contributed by atoms with E-state index in [0.29, 0.717) is 13.0 Å². The van der Waals surface area contributed by atoms with Gasteiger partial charge in [0.15, 0.2) is 0 Å². The molecule has 5 nitrogen and oxygen atoms in total. The third-order valence-electron chi connectivity index (χ3n) is 4.11. The van der Waals surface area contributed by atoms with Crippen molar-refractivity contribution in [2.45, 2.75) is 39.2 Å². The Morgan fingerprint density at radius 1 is 1.36 bits per heavy atom. The van der Waals surface area contributed by atoms with Gasteiger partial charge in [0.05, 0.1) is 13.0 Å². The van der Waals surface area contributed by atoms with Gasteiger partial charge in [-0.05, 0) is 44.4 Å². The first-order chi connectivity index (χ1) is 10.4. The van der Waals surface area contributed by atoms with Gasteiger partial charge < -0.3 is 11.1 Å². The number of carbonyl (C=O) groups excluding carboxylic acids is 2. The number of nitrogens with two attached hydrogens (primary N) is 1. The zero-order valence-corrected chi connectivity index (χ0v) is 13.4. The minimum atomic E-state index is -0.317. The molecule has 1 atom stereocenters. The molecule has 1 heterocycles. The number of hydrogen-bond donors (Lipinski definition) is 2. The van der Waals surface area contributed by atoms with Crippen molar-refractivity contribution in [1.82, 2.24) is 10.2 Å². The fourth-order valence-corrected chi connectivity index (χ4v) is 2.98. The molecule has 5 heteroatoms. The molecule has 0 aromatic heterocycles. The van der Waals surface area contributed by atoms with Crippen molar-refractivity contribution >= 4 is 11.8 Å². The molecule has 0 spiro atoms. The van der Waals surface area contributed by atoms with Crippen molar-refractivity contribution in [3.8, 4) is 0 Å². The van der Waals surface area contributed by atoms with E-state index in [-0.39, 0.29) is 24.4 Å². The van der Waals surface area contributed by atoms with Gasteiger partial charge in [0.2, 0.25) is 11.8 Å². The number of amides is 2. The molecular formula is C17H25N3O2. The van der Waals surface area contributed by atoms with Crippen LogP contribution in [-0.2, 0) is 16.0 Å². The monoisotopic (exact) mass is 303 g/mol. The number of carbonyl (C=O) groups is 2.